The van der Waals surface area contributed by atoms with E-state index in [0.29, 0.717) is 31.2 Å². The first-order valence-electron chi connectivity index (χ1n) is 12.4. The molecular weight excluding hydrogens is 550 g/mol. The van der Waals surface area contributed by atoms with Crippen molar-refractivity contribution >= 4 is 17.7 Å². The van der Waals surface area contributed by atoms with E-state index in [9.17, 15) is 55.2 Å². The number of ether oxygens (including phenoxy) is 2. The highest BCUT2D eigenvalue weighted by Gasteiger charge is 2.67. The number of piperidine rings is 1. The van der Waals surface area contributed by atoms with Gasteiger partial charge in [-0.2, -0.15) is 0 Å². The first-order chi connectivity index (χ1) is 19.3. The van der Waals surface area contributed by atoms with E-state index in [0.717, 1.165) is 0 Å². The van der Waals surface area contributed by atoms with Gasteiger partial charge in [-0.05, 0) is 12.1 Å². The molecule has 0 aromatic heterocycles. The van der Waals surface area contributed by atoms with Gasteiger partial charge >= 0.3 is 5.79 Å². The number of phenolic OH excluding ortho intramolecular Hbond substituents is 4. The standard InChI is InChI=1S/C25H27N3O13/c29-16-13(8-27-4-6-40-7-5-27)17(30)19(32)14(18(16)31)10-41-15-3-1-2-11-12(15)9-28(22(11)34)20-21(33)26-23(35)25(38,39)24(20,36)37/h1-3,20,29-32,36-39H,4-10H2,(H,26,33,35). The van der Waals surface area contributed by atoms with E-state index in [1.807, 2.05) is 4.90 Å². The van der Waals surface area contributed by atoms with Crippen molar-refractivity contribution in [3.63, 3.8) is 0 Å². The number of aliphatic hydroxyl groups is 4. The van der Waals surface area contributed by atoms with Crippen LogP contribution in [0, 0.1) is 0 Å². The fraction of sp³-hybridized carbons (Fsp3) is 0.400. The molecule has 16 heteroatoms. The molecule has 0 radical (unpaired) electrons. The Kier molecular flexibility index (Phi) is 6.93. The van der Waals surface area contributed by atoms with Gasteiger partial charge in [0.2, 0.25) is 0 Å². The summed E-state index contributed by atoms with van der Waals surface area (Å²) in [5.41, 5.74) is -0.429. The van der Waals surface area contributed by atoms with Gasteiger partial charge in [-0.25, -0.2) is 0 Å². The average molecular weight is 577 g/mol. The zero-order valence-corrected chi connectivity index (χ0v) is 21.3. The summed E-state index contributed by atoms with van der Waals surface area (Å²) in [6.45, 7) is 0.786. The van der Waals surface area contributed by atoms with Gasteiger partial charge in [-0.1, -0.05) is 6.07 Å². The zero-order chi connectivity index (χ0) is 29.9. The number of morpholine rings is 1. The van der Waals surface area contributed by atoms with Gasteiger partial charge in [0, 0.05) is 30.8 Å². The number of hydrogen-bond acceptors (Lipinski definition) is 14. The second kappa shape index (κ2) is 10.0. The van der Waals surface area contributed by atoms with E-state index in [1.54, 1.807) is 5.32 Å². The Hall–Kier alpha value is -4.19. The molecule has 9 N–H and O–H groups in total. The van der Waals surface area contributed by atoms with Crippen LogP contribution in [0.15, 0.2) is 18.2 Å². The molecule has 0 spiro atoms. The van der Waals surface area contributed by atoms with Crippen molar-refractivity contribution in [1.29, 1.82) is 0 Å². The first kappa shape index (κ1) is 28.3. The molecule has 2 aromatic rings. The number of nitrogens with one attached hydrogen (secondary N) is 1. The molecule has 3 amide bonds. The highest BCUT2D eigenvalue weighted by Crippen LogP contribution is 2.47. The molecule has 2 aromatic carbocycles. The van der Waals surface area contributed by atoms with Crippen molar-refractivity contribution < 1.29 is 64.7 Å². The number of imide groups is 1. The van der Waals surface area contributed by atoms with Crippen molar-refractivity contribution in [3.05, 3.63) is 40.5 Å². The summed E-state index contributed by atoms with van der Waals surface area (Å²) < 4.78 is 11.0. The minimum absolute atomic E-state index is 0.0218. The van der Waals surface area contributed by atoms with Crippen molar-refractivity contribution in [3.8, 4) is 28.7 Å². The monoisotopic (exact) mass is 577 g/mol. The number of nitrogens with zero attached hydrogens (tertiary/aromatic N) is 2. The number of carbonyl (C=O) groups excluding carboxylic acids is 3. The summed E-state index contributed by atoms with van der Waals surface area (Å²) >= 11 is 0. The molecule has 16 nitrogen and oxygen atoms in total. The molecule has 3 aliphatic rings. The van der Waals surface area contributed by atoms with Crippen molar-refractivity contribution in [2.24, 2.45) is 0 Å². The largest absolute Gasteiger partial charge is 0.504 e. The lowest BCUT2D eigenvalue weighted by Gasteiger charge is -2.44. The third-order valence-corrected chi connectivity index (χ3v) is 7.41. The molecular formula is C25H27N3O13. The molecule has 2 fully saturated rings. The summed E-state index contributed by atoms with van der Waals surface area (Å²) in [5, 5.41) is 84.5. The maximum atomic E-state index is 13.1. The number of fused-ring (bicyclic) bond motifs is 1. The third kappa shape index (κ3) is 4.46. The van der Waals surface area contributed by atoms with Gasteiger partial charge in [0.15, 0.2) is 29.0 Å². The van der Waals surface area contributed by atoms with E-state index < -0.39 is 71.5 Å². The molecule has 3 heterocycles. The van der Waals surface area contributed by atoms with Crippen LogP contribution < -0.4 is 10.1 Å². The van der Waals surface area contributed by atoms with Crippen LogP contribution in [0.4, 0.5) is 0 Å². The summed E-state index contributed by atoms with van der Waals surface area (Å²) in [6, 6.07) is 1.77. The quantitative estimate of drug-likeness (QED) is 0.0732. The fourth-order valence-electron chi connectivity index (χ4n) is 5.05. The Balaban J connectivity index is 1.40. The molecule has 0 bridgehead atoms. The van der Waals surface area contributed by atoms with Gasteiger partial charge in [-0.15, -0.1) is 0 Å². The Labute approximate surface area is 230 Å². The fourth-order valence-corrected chi connectivity index (χ4v) is 5.05. The molecule has 5 rings (SSSR count). The van der Waals surface area contributed by atoms with Crippen molar-refractivity contribution in [1.82, 2.24) is 15.1 Å². The van der Waals surface area contributed by atoms with Gasteiger partial charge in [0.25, 0.3) is 23.5 Å². The minimum atomic E-state index is -3.83. The number of benzene rings is 2. The van der Waals surface area contributed by atoms with Crippen LogP contribution in [0.25, 0.3) is 0 Å². The van der Waals surface area contributed by atoms with Crippen LogP contribution in [0.2, 0.25) is 0 Å². The van der Waals surface area contributed by atoms with Crippen molar-refractivity contribution in [2.45, 2.75) is 37.3 Å². The van der Waals surface area contributed by atoms with Gasteiger partial charge in [0.05, 0.1) is 30.9 Å². The van der Waals surface area contributed by atoms with Gasteiger partial charge in [-0.3, -0.25) is 24.6 Å². The van der Waals surface area contributed by atoms with E-state index in [-0.39, 0.29) is 34.5 Å². The summed E-state index contributed by atoms with van der Waals surface area (Å²) in [7, 11) is 0. The minimum Gasteiger partial charge on any atom is -0.504 e. The number of rotatable bonds is 6. The van der Waals surface area contributed by atoms with Crippen LogP contribution in [0.5, 0.6) is 28.7 Å². The van der Waals surface area contributed by atoms with Crippen LogP contribution in [0.1, 0.15) is 27.0 Å². The first-order valence-corrected chi connectivity index (χ1v) is 12.4. The van der Waals surface area contributed by atoms with E-state index >= 15 is 0 Å². The maximum absolute atomic E-state index is 13.1. The third-order valence-electron chi connectivity index (χ3n) is 7.41. The Bertz CT molecular complexity index is 1410. The molecule has 1 atom stereocenters. The Morgan fingerprint density at radius 1 is 0.927 bits per heavy atom. The van der Waals surface area contributed by atoms with Crippen LogP contribution in [-0.4, -0.2) is 112 Å². The van der Waals surface area contributed by atoms with Crippen LogP contribution in [0.3, 0.4) is 0 Å². The topological polar surface area (TPSA) is 250 Å². The molecule has 1 unspecified atom stereocenters. The van der Waals surface area contributed by atoms with Crippen molar-refractivity contribution in [2.75, 3.05) is 26.3 Å². The number of phenols is 4. The molecule has 2 saturated heterocycles. The smallest absolute Gasteiger partial charge is 0.303 e. The number of amides is 3. The number of aromatic hydroxyl groups is 4. The molecule has 41 heavy (non-hydrogen) atoms. The lowest BCUT2D eigenvalue weighted by molar-refractivity contribution is -0.355. The van der Waals surface area contributed by atoms with Crippen LogP contribution >= 0.6 is 0 Å². The van der Waals surface area contributed by atoms with Gasteiger partial charge in [0.1, 0.15) is 12.4 Å². The summed E-state index contributed by atoms with van der Waals surface area (Å²) in [5.74, 6) is -14.6. The molecule has 3 aliphatic heterocycles. The SMILES string of the molecule is O=C1NC(=O)C(O)(O)C(O)(O)C1N1Cc2c(OCc3c(O)c(O)c(CN4CCOCC4)c(O)c3O)cccc2C1=O. The van der Waals surface area contributed by atoms with Gasteiger partial charge < -0.3 is 55.2 Å². The Morgan fingerprint density at radius 2 is 1.54 bits per heavy atom. The highest BCUT2D eigenvalue weighted by atomic mass is 16.6. The number of hydrogen-bond donors (Lipinski definition) is 9. The molecule has 0 saturated carbocycles. The predicted molar refractivity (Wildman–Crippen MR) is 131 cm³/mol. The molecule has 220 valence electrons. The predicted octanol–water partition coefficient (Wildman–Crippen LogP) is -2.74. The van der Waals surface area contributed by atoms with E-state index in [2.05, 4.69) is 0 Å². The van der Waals surface area contributed by atoms with E-state index in [4.69, 9.17) is 9.47 Å². The maximum Gasteiger partial charge on any atom is 0.303 e. The normalized spacial score (nSPS) is 22.0. The number of carbonyl (C=O) groups is 3. The van der Waals surface area contributed by atoms with E-state index in [1.165, 1.54) is 18.2 Å². The zero-order valence-electron chi connectivity index (χ0n) is 21.3. The van der Waals surface area contributed by atoms with Crippen LogP contribution in [-0.2, 0) is 34.0 Å². The Morgan fingerprint density at radius 3 is 2.17 bits per heavy atom. The lowest BCUT2D eigenvalue weighted by Crippen LogP contribution is -2.79. The second-order valence-corrected chi connectivity index (χ2v) is 9.86. The highest BCUT2D eigenvalue weighted by molar-refractivity contribution is 6.08. The molecule has 0 aliphatic carbocycles. The summed E-state index contributed by atoms with van der Waals surface area (Å²) in [6.07, 6.45) is 0. The second-order valence-electron chi connectivity index (χ2n) is 9.86. The lowest BCUT2D eigenvalue weighted by atomic mass is 9.90. The summed E-state index contributed by atoms with van der Waals surface area (Å²) in [4.78, 5) is 39.8. The average Bonchev–Trinajstić information content (AvgIpc) is 3.26.